The van der Waals surface area contributed by atoms with Gasteiger partial charge in [0.15, 0.2) is 5.78 Å². The molecule has 0 aliphatic rings. The molecule has 214 valence electrons. The van der Waals surface area contributed by atoms with E-state index in [1.54, 1.807) is 30.3 Å². The van der Waals surface area contributed by atoms with Crippen molar-refractivity contribution in [1.82, 2.24) is 4.90 Å². The van der Waals surface area contributed by atoms with E-state index in [0.717, 1.165) is 44.5 Å². The molecule has 1 unspecified atom stereocenters. The van der Waals surface area contributed by atoms with E-state index >= 15 is 0 Å². The summed E-state index contributed by atoms with van der Waals surface area (Å²) in [5.41, 5.74) is 1.95. The molecule has 1 N–H and O–H groups in total. The maximum Gasteiger partial charge on any atom is 0.229 e. The Morgan fingerprint density at radius 2 is 1.62 bits per heavy atom. The van der Waals surface area contributed by atoms with Gasteiger partial charge in [-0.25, -0.2) is 8.42 Å². The highest BCUT2D eigenvalue weighted by atomic mass is 32.2. The van der Waals surface area contributed by atoms with E-state index in [1.165, 1.54) is 25.7 Å². The lowest BCUT2D eigenvalue weighted by Crippen LogP contribution is -2.28. The van der Waals surface area contributed by atoms with Gasteiger partial charge in [0, 0.05) is 29.1 Å². The lowest BCUT2D eigenvalue weighted by Gasteiger charge is -2.21. The van der Waals surface area contributed by atoms with Crippen molar-refractivity contribution in [3.05, 3.63) is 59.4 Å². The Morgan fingerprint density at radius 3 is 2.21 bits per heavy atom. The van der Waals surface area contributed by atoms with E-state index in [4.69, 9.17) is 9.15 Å². The standard InChI is InChI=1S/C31H44N2O5S/c1-6-9-18-33(19-10-7-2)20-11-21-37-26-15-12-24(13-16-26)30(34)29-27-22-25(32-39(5,35)36)14-17-28(27)38-31(29)23(4)8-3/h12-17,22-23,32H,6-11,18-21H2,1-5H3. The molecule has 1 heterocycles. The quantitative estimate of drug-likeness (QED) is 0.139. The third-order valence-electron chi connectivity index (χ3n) is 6.97. The zero-order valence-corrected chi connectivity index (χ0v) is 24.9. The number of carbonyl (C=O) groups is 1. The SMILES string of the molecule is CCCCN(CCCC)CCCOc1ccc(C(=O)c2c(C(C)CC)oc3ccc(NS(C)(=O)=O)cc23)cc1. The summed E-state index contributed by atoms with van der Waals surface area (Å²) in [7, 11) is -3.46. The third-order valence-corrected chi connectivity index (χ3v) is 7.57. The molecule has 3 rings (SSSR count). The van der Waals surface area contributed by atoms with Gasteiger partial charge in [0.2, 0.25) is 10.0 Å². The molecule has 0 bridgehead atoms. The molecule has 39 heavy (non-hydrogen) atoms. The maximum absolute atomic E-state index is 13.7. The lowest BCUT2D eigenvalue weighted by molar-refractivity contribution is 0.103. The van der Waals surface area contributed by atoms with Gasteiger partial charge in [0.1, 0.15) is 17.1 Å². The molecule has 3 aromatic rings. The number of fused-ring (bicyclic) bond motifs is 1. The van der Waals surface area contributed by atoms with Gasteiger partial charge in [-0.2, -0.15) is 0 Å². The van der Waals surface area contributed by atoms with Gasteiger partial charge in [-0.15, -0.1) is 0 Å². The number of ketones is 1. The van der Waals surface area contributed by atoms with Crippen molar-refractivity contribution in [2.75, 3.05) is 37.2 Å². The van der Waals surface area contributed by atoms with E-state index < -0.39 is 10.0 Å². The Labute approximate surface area is 234 Å². The molecule has 0 aliphatic carbocycles. The molecule has 2 aromatic carbocycles. The highest BCUT2D eigenvalue weighted by molar-refractivity contribution is 7.92. The van der Waals surface area contributed by atoms with Crippen LogP contribution < -0.4 is 9.46 Å². The highest BCUT2D eigenvalue weighted by Crippen LogP contribution is 2.36. The molecule has 0 aliphatic heterocycles. The summed E-state index contributed by atoms with van der Waals surface area (Å²) in [6, 6.07) is 12.2. The Kier molecular flexibility index (Phi) is 11.4. The van der Waals surface area contributed by atoms with Crippen LogP contribution in [0.2, 0.25) is 0 Å². The van der Waals surface area contributed by atoms with E-state index in [-0.39, 0.29) is 11.7 Å². The number of sulfonamides is 1. The zero-order valence-electron chi connectivity index (χ0n) is 24.1. The van der Waals surface area contributed by atoms with Crippen molar-refractivity contribution in [1.29, 1.82) is 0 Å². The first-order chi connectivity index (χ1) is 18.7. The number of nitrogens with zero attached hydrogens (tertiary/aromatic N) is 1. The van der Waals surface area contributed by atoms with Crippen LogP contribution >= 0.6 is 0 Å². The summed E-state index contributed by atoms with van der Waals surface area (Å²) in [4.78, 5) is 16.3. The number of carbonyl (C=O) groups excluding carboxylic acids is 1. The highest BCUT2D eigenvalue weighted by Gasteiger charge is 2.25. The summed E-state index contributed by atoms with van der Waals surface area (Å²) >= 11 is 0. The Balaban J connectivity index is 1.74. The second-order valence-electron chi connectivity index (χ2n) is 10.3. The summed E-state index contributed by atoms with van der Waals surface area (Å²) in [5, 5.41) is 0.597. The minimum Gasteiger partial charge on any atom is -0.494 e. The van der Waals surface area contributed by atoms with Crippen molar-refractivity contribution in [3.63, 3.8) is 0 Å². The van der Waals surface area contributed by atoms with Gasteiger partial charge in [-0.3, -0.25) is 9.52 Å². The van der Waals surface area contributed by atoms with E-state index in [0.29, 0.717) is 40.2 Å². The molecule has 0 saturated carbocycles. The van der Waals surface area contributed by atoms with Crippen molar-refractivity contribution < 1.29 is 22.4 Å². The summed E-state index contributed by atoms with van der Waals surface area (Å²) < 4.78 is 38.1. The van der Waals surface area contributed by atoms with Crippen LogP contribution in [0.15, 0.2) is 46.9 Å². The second-order valence-corrected chi connectivity index (χ2v) is 12.1. The van der Waals surface area contributed by atoms with Crippen LogP contribution in [0.4, 0.5) is 5.69 Å². The van der Waals surface area contributed by atoms with Gasteiger partial charge in [0.05, 0.1) is 18.4 Å². The fraction of sp³-hybridized carbons (Fsp3) is 0.516. The molecule has 1 aromatic heterocycles. The summed E-state index contributed by atoms with van der Waals surface area (Å²) in [6.45, 7) is 12.4. The summed E-state index contributed by atoms with van der Waals surface area (Å²) in [6.07, 6.45) is 7.71. The van der Waals surface area contributed by atoms with Crippen molar-refractivity contribution in [3.8, 4) is 5.75 Å². The molecular formula is C31H44N2O5S. The van der Waals surface area contributed by atoms with Crippen LogP contribution in [0.1, 0.15) is 93.8 Å². The first kappa shape index (κ1) is 30.7. The van der Waals surface area contributed by atoms with Crippen LogP contribution in [0.3, 0.4) is 0 Å². The fourth-order valence-corrected chi connectivity index (χ4v) is 5.14. The van der Waals surface area contributed by atoms with Crippen LogP contribution in [0.5, 0.6) is 5.75 Å². The molecule has 0 amide bonds. The number of hydrogen-bond donors (Lipinski definition) is 1. The number of furan rings is 1. The monoisotopic (exact) mass is 556 g/mol. The van der Waals surface area contributed by atoms with E-state index in [2.05, 4.69) is 23.5 Å². The predicted molar refractivity (Wildman–Crippen MR) is 160 cm³/mol. The average molecular weight is 557 g/mol. The minimum absolute atomic E-state index is 0.0273. The smallest absolute Gasteiger partial charge is 0.229 e. The third kappa shape index (κ3) is 8.83. The number of hydrogen-bond acceptors (Lipinski definition) is 6. The van der Waals surface area contributed by atoms with Gasteiger partial charge >= 0.3 is 0 Å². The molecular weight excluding hydrogens is 512 g/mol. The lowest BCUT2D eigenvalue weighted by atomic mass is 9.94. The molecule has 1 atom stereocenters. The van der Waals surface area contributed by atoms with Gasteiger partial charge in [0.25, 0.3) is 0 Å². The number of rotatable bonds is 17. The topological polar surface area (TPSA) is 88.8 Å². The van der Waals surface area contributed by atoms with Crippen molar-refractivity contribution >= 4 is 32.5 Å². The normalized spacial score (nSPS) is 12.7. The number of unbranched alkanes of at least 4 members (excludes halogenated alkanes) is 2. The Morgan fingerprint density at radius 1 is 0.974 bits per heavy atom. The Bertz CT molecular complexity index is 1310. The van der Waals surface area contributed by atoms with Crippen LogP contribution in [0.25, 0.3) is 11.0 Å². The minimum atomic E-state index is -3.46. The van der Waals surface area contributed by atoms with E-state index in [1.807, 2.05) is 26.0 Å². The maximum atomic E-state index is 13.7. The van der Waals surface area contributed by atoms with Gasteiger partial charge < -0.3 is 14.1 Å². The summed E-state index contributed by atoms with van der Waals surface area (Å²) in [5.74, 6) is 1.22. The molecule has 0 saturated heterocycles. The first-order valence-corrected chi connectivity index (χ1v) is 16.1. The van der Waals surface area contributed by atoms with Crippen LogP contribution in [-0.4, -0.2) is 51.6 Å². The van der Waals surface area contributed by atoms with Crippen molar-refractivity contribution in [2.45, 2.75) is 72.1 Å². The number of nitrogens with one attached hydrogen (secondary N) is 1. The average Bonchev–Trinajstić information content (AvgIpc) is 3.29. The molecule has 7 nitrogen and oxygen atoms in total. The van der Waals surface area contributed by atoms with E-state index in [9.17, 15) is 13.2 Å². The zero-order chi connectivity index (χ0) is 28.4. The fourth-order valence-electron chi connectivity index (χ4n) is 4.58. The van der Waals surface area contributed by atoms with Gasteiger partial charge in [-0.1, -0.05) is 40.5 Å². The Hall–Kier alpha value is -2.84. The number of ether oxygens (including phenoxy) is 1. The first-order valence-electron chi connectivity index (χ1n) is 14.2. The second kappa shape index (κ2) is 14.5. The number of anilines is 1. The molecule has 8 heteroatoms. The molecule has 0 fully saturated rings. The van der Waals surface area contributed by atoms with Gasteiger partial charge in [-0.05, 0) is 81.2 Å². The number of benzene rings is 2. The predicted octanol–water partition coefficient (Wildman–Crippen LogP) is 7.22. The van der Waals surface area contributed by atoms with Crippen LogP contribution in [-0.2, 0) is 10.0 Å². The van der Waals surface area contributed by atoms with Crippen LogP contribution in [0, 0.1) is 0 Å². The molecule has 0 spiro atoms. The van der Waals surface area contributed by atoms with Crippen molar-refractivity contribution in [2.24, 2.45) is 0 Å². The molecule has 0 radical (unpaired) electrons. The largest absolute Gasteiger partial charge is 0.494 e.